The Morgan fingerprint density at radius 3 is 2.41 bits per heavy atom. The number of nitrogens with one attached hydrogen (secondary N) is 1. The van der Waals surface area contributed by atoms with Crippen LogP contribution in [0.5, 0.6) is 0 Å². The van der Waals surface area contributed by atoms with Gasteiger partial charge < -0.3 is 15.1 Å². The number of anilines is 3. The van der Waals surface area contributed by atoms with E-state index in [2.05, 4.69) is 20.2 Å². The van der Waals surface area contributed by atoms with Crippen molar-refractivity contribution in [2.24, 2.45) is 0 Å². The van der Waals surface area contributed by atoms with Crippen molar-refractivity contribution >= 4 is 23.4 Å². The fourth-order valence-electron chi connectivity index (χ4n) is 3.35. The van der Waals surface area contributed by atoms with Gasteiger partial charge in [0.05, 0.1) is 5.69 Å². The number of carbonyl (C=O) groups excluding carboxylic acids is 1. The van der Waals surface area contributed by atoms with E-state index < -0.39 is 0 Å². The van der Waals surface area contributed by atoms with Crippen molar-refractivity contribution < 1.29 is 9.18 Å². The first kappa shape index (κ1) is 18.9. The van der Waals surface area contributed by atoms with Gasteiger partial charge in [-0.2, -0.15) is 4.98 Å². The summed E-state index contributed by atoms with van der Waals surface area (Å²) < 4.78 is 13.6. The van der Waals surface area contributed by atoms with Gasteiger partial charge in [0.25, 0.3) is 0 Å². The number of hydrogen-bond acceptors (Lipinski definition) is 5. The third-order valence-electron chi connectivity index (χ3n) is 4.91. The summed E-state index contributed by atoms with van der Waals surface area (Å²) >= 11 is 0. The quantitative estimate of drug-likeness (QED) is 0.735. The minimum atomic E-state index is -0.324. The molecule has 0 radical (unpaired) electrons. The summed E-state index contributed by atoms with van der Waals surface area (Å²) in [5, 5.41) is 3.11. The molecule has 29 heavy (non-hydrogen) atoms. The van der Waals surface area contributed by atoms with Crippen LogP contribution >= 0.6 is 0 Å². The number of rotatable bonds is 4. The molecule has 1 amide bonds. The molecule has 0 atom stereocenters. The molecule has 0 saturated carbocycles. The first-order chi connectivity index (χ1) is 14.1. The third-order valence-corrected chi connectivity index (χ3v) is 4.91. The van der Waals surface area contributed by atoms with E-state index in [4.69, 9.17) is 0 Å². The van der Waals surface area contributed by atoms with Crippen LogP contribution in [0.25, 0.3) is 11.3 Å². The molecule has 2 heterocycles. The molecular weight excluding hydrogens is 369 g/mol. The van der Waals surface area contributed by atoms with E-state index >= 15 is 0 Å². The van der Waals surface area contributed by atoms with Crippen LogP contribution in [0.2, 0.25) is 0 Å². The van der Waals surface area contributed by atoms with Crippen molar-refractivity contribution in [3.63, 3.8) is 0 Å². The SMILES string of the molecule is CC(=O)N1CCN(c2cc(-c3ccccc3)nc(Nc3cccc(F)c3)n2)CC1. The average Bonchev–Trinajstić information content (AvgIpc) is 2.74. The zero-order chi connectivity index (χ0) is 20.2. The van der Waals surface area contributed by atoms with Crippen LogP contribution in [0.3, 0.4) is 0 Å². The fraction of sp³-hybridized carbons (Fsp3) is 0.227. The summed E-state index contributed by atoms with van der Waals surface area (Å²) in [7, 11) is 0. The number of halogens is 1. The van der Waals surface area contributed by atoms with Gasteiger partial charge >= 0.3 is 0 Å². The molecule has 1 saturated heterocycles. The van der Waals surface area contributed by atoms with E-state index in [0.29, 0.717) is 37.8 Å². The lowest BCUT2D eigenvalue weighted by atomic mass is 10.1. The molecule has 1 fully saturated rings. The Morgan fingerprint density at radius 2 is 1.72 bits per heavy atom. The van der Waals surface area contributed by atoms with E-state index in [0.717, 1.165) is 17.1 Å². The van der Waals surface area contributed by atoms with Crippen LogP contribution in [0.15, 0.2) is 60.7 Å². The molecule has 2 aromatic carbocycles. The smallest absolute Gasteiger partial charge is 0.229 e. The van der Waals surface area contributed by atoms with Crippen molar-refractivity contribution in [3.8, 4) is 11.3 Å². The number of hydrogen-bond donors (Lipinski definition) is 1. The highest BCUT2D eigenvalue weighted by molar-refractivity contribution is 5.73. The van der Waals surface area contributed by atoms with Gasteiger partial charge in [0, 0.05) is 50.4 Å². The van der Waals surface area contributed by atoms with Crippen molar-refractivity contribution in [3.05, 3.63) is 66.5 Å². The van der Waals surface area contributed by atoms with Gasteiger partial charge in [-0.05, 0) is 18.2 Å². The molecule has 7 heteroatoms. The number of nitrogens with zero attached hydrogens (tertiary/aromatic N) is 4. The Hall–Kier alpha value is -3.48. The lowest BCUT2D eigenvalue weighted by molar-refractivity contribution is -0.129. The molecule has 0 unspecified atom stereocenters. The first-order valence-corrected chi connectivity index (χ1v) is 9.56. The van der Waals surface area contributed by atoms with Gasteiger partial charge in [0.1, 0.15) is 11.6 Å². The summed E-state index contributed by atoms with van der Waals surface area (Å²) in [5.74, 6) is 0.947. The Morgan fingerprint density at radius 1 is 0.966 bits per heavy atom. The van der Waals surface area contributed by atoms with Crippen molar-refractivity contribution in [1.29, 1.82) is 0 Å². The second kappa shape index (κ2) is 8.26. The molecule has 4 rings (SSSR count). The number of piperazine rings is 1. The number of benzene rings is 2. The largest absolute Gasteiger partial charge is 0.353 e. The second-order valence-electron chi connectivity index (χ2n) is 6.93. The molecule has 1 aliphatic heterocycles. The van der Waals surface area contributed by atoms with Crippen molar-refractivity contribution in [2.75, 3.05) is 36.4 Å². The summed E-state index contributed by atoms with van der Waals surface area (Å²) in [5.41, 5.74) is 2.34. The van der Waals surface area contributed by atoms with Gasteiger partial charge in [-0.1, -0.05) is 36.4 Å². The summed E-state index contributed by atoms with van der Waals surface area (Å²) in [6.45, 7) is 4.31. The van der Waals surface area contributed by atoms with Crippen LogP contribution < -0.4 is 10.2 Å². The van der Waals surface area contributed by atoms with Crippen LogP contribution in [-0.4, -0.2) is 47.0 Å². The van der Waals surface area contributed by atoms with E-state index in [1.807, 2.05) is 41.3 Å². The minimum Gasteiger partial charge on any atom is -0.353 e. The molecule has 1 aromatic heterocycles. The maximum atomic E-state index is 13.6. The summed E-state index contributed by atoms with van der Waals surface area (Å²) in [4.78, 5) is 24.9. The van der Waals surface area contributed by atoms with Gasteiger partial charge in [0.15, 0.2) is 0 Å². The van der Waals surface area contributed by atoms with Gasteiger partial charge in [0.2, 0.25) is 11.9 Å². The lowest BCUT2D eigenvalue weighted by Crippen LogP contribution is -2.48. The highest BCUT2D eigenvalue weighted by atomic mass is 19.1. The van der Waals surface area contributed by atoms with E-state index in [1.54, 1.807) is 19.1 Å². The van der Waals surface area contributed by atoms with E-state index in [9.17, 15) is 9.18 Å². The van der Waals surface area contributed by atoms with Crippen molar-refractivity contribution in [2.45, 2.75) is 6.92 Å². The van der Waals surface area contributed by atoms with E-state index in [-0.39, 0.29) is 11.7 Å². The van der Waals surface area contributed by atoms with Crippen molar-refractivity contribution in [1.82, 2.24) is 14.9 Å². The van der Waals surface area contributed by atoms with Crippen LogP contribution in [0.4, 0.5) is 21.8 Å². The van der Waals surface area contributed by atoms with Gasteiger partial charge in [-0.3, -0.25) is 4.79 Å². The maximum absolute atomic E-state index is 13.6. The molecule has 3 aromatic rings. The summed E-state index contributed by atoms with van der Waals surface area (Å²) in [6, 6.07) is 18.0. The molecule has 6 nitrogen and oxygen atoms in total. The maximum Gasteiger partial charge on any atom is 0.229 e. The topological polar surface area (TPSA) is 61.4 Å². The molecule has 1 N–H and O–H groups in total. The van der Waals surface area contributed by atoms with Gasteiger partial charge in [-0.15, -0.1) is 0 Å². The zero-order valence-corrected chi connectivity index (χ0v) is 16.2. The van der Waals surface area contributed by atoms with Crippen LogP contribution in [0.1, 0.15) is 6.92 Å². The molecule has 1 aliphatic rings. The Labute approximate surface area is 169 Å². The lowest BCUT2D eigenvalue weighted by Gasteiger charge is -2.35. The van der Waals surface area contributed by atoms with Crippen LogP contribution in [0, 0.1) is 5.82 Å². The molecule has 148 valence electrons. The highest BCUT2D eigenvalue weighted by Crippen LogP contribution is 2.26. The number of aromatic nitrogens is 2. The molecule has 0 spiro atoms. The highest BCUT2D eigenvalue weighted by Gasteiger charge is 2.21. The number of amides is 1. The minimum absolute atomic E-state index is 0.0887. The Balaban J connectivity index is 1.66. The Bertz CT molecular complexity index is 1000. The predicted molar refractivity (Wildman–Crippen MR) is 112 cm³/mol. The molecule has 0 bridgehead atoms. The molecular formula is C22H22FN5O. The van der Waals surface area contributed by atoms with Gasteiger partial charge in [-0.25, -0.2) is 9.37 Å². The first-order valence-electron chi connectivity index (χ1n) is 9.56. The second-order valence-corrected chi connectivity index (χ2v) is 6.93. The standard InChI is InChI=1S/C22H22FN5O/c1-16(29)27-10-12-28(13-11-27)21-15-20(17-6-3-2-4-7-17)25-22(26-21)24-19-9-5-8-18(23)14-19/h2-9,14-15H,10-13H2,1H3,(H,24,25,26). The number of carbonyl (C=O) groups is 1. The monoisotopic (exact) mass is 391 g/mol. The normalized spacial score (nSPS) is 14.0. The summed E-state index contributed by atoms with van der Waals surface area (Å²) in [6.07, 6.45) is 0. The van der Waals surface area contributed by atoms with E-state index in [1.165, 1.54) is 12.1 Å². The predicted octanol–water partition coefficient (Wildman–Crippen LogP) is 3.69. The zero-order valence-electron chi connectivity index (χ0n) is 16.2. The average molecular weight is 391 g/mol. The third kappa shape index (κ3) is 4.51. The van der Waals surface area contributed by atoms with Crippen LogP contribution in [-0.2, 0) is 4.79 Å². The fourth-order valence-corrected chi connectivity index (χ4v) is 3.35. The molecule has 0 aliphatic carbocycles. The Kier molecular flexibility index (Phi) is 5.37.